The van der Waals surface area contributed by atoms with Crippen molar-refractivity contribution in [3.63, 3.8) is 0 Å². The highest BCUT2D eigenvalue weighted by atomic mass is 127. The number of halogens is 1. The average molecular weight is 503 g/mol. The summed E-state index contributed by atoms with van der Waals surface area (Å²) in [6.45, 7) is 5.99. The van der Waals surface area contributed by atoms with Crippen LogP contribution in [0.4, 0.5) is 0 Å². The van der Waals surface area contributed by atoms with Gasteiger partial charge in [0.1, 0.15) is 18.4 Å². The van der Waals surface area contributed by atoms with Crippen LogP contribution in [0.2, 0.25) is 0 Å². The Kier molecular flexibility index (Phi) is 14.4. The van der Waals surface area contributed by atoms with Gasteiger partial charge >= 0.3 is 5.97 Å². The van der Waals surface area contributed by atoms with Crippen LogP contribution in [0.15, 0.2) is 24.3 Å². The van der Waals surface area contributed by atoms with Crippen molar-refractivity contribution in [1.82, 2.24) is 4.90 Å². The Balaban J connectivity index is 2.20. The lowest BCUT2D eigenvalue weighted by Gasteiger charge is -2.26. The Morgan fingerprint density at radius 2 is 1.50 bits per heavy atom. The molecule has 0 fully saturated rings. The largest absolute Gasteiger partial charge is 0.492 e. The van der Waals surface area contributed by atoms with E-state index in [1.807, 2.05) is 29.2 Å². The van der Waals surface area contributed by atoms with E-state index in [2.05, 4.69) is 29.5 Å². The molecule has 1 aromatic carbocycles. The number of hydrogen-bond donors (Lipinski definition) is 1. The van der Waals surface area contributed by atoms with Crippen LogP contribution in [0.3, 0.4) is 0 Å². The smallest absolute Gasteiger partial charge is 0.320 e. The fraction of sp³-hybridized carbons (Fsp3) is 0.696. The molecule has 0 bridgehead atoms. The first-order chi connectivity index (χ1) is 13.5. The molecule has 0 saturated carbocycles. The number of carbonyl (C=O) groups is 1. The number of benzene rings is 1. The molecule has 0 aromatic heterocycles. The van der Waals surface area contributed by atoms with E-state index in [1.165, 1.54) is 61.4 Å². The van der Waals surface area contributed by atoms with Crippen molar-refractivity contribution in [2.24, 2.45) is 0 Å². The van der Waals surface area contributed by atoms with Gasteiger partial charge < -0.3 is 9.84 Å². The highest BCUT2D eigenvalue weighted by Gasteiger charge is 2.19. The fourth-order valence-corrected chi connectivity index (χ4v) is 3.63. The zero-order valence-corrected chi connectivity index (χ0v) is 19.8. The number of ether oxygens (including phenoxy) is 1. The Labute approximate surface area is 185 Å². The fourth-order valence-electron chi connectivity index (χ4n) is 3.27. The summed E-state index contributed by atoms with van der Waals surface area (Å²) in [5.41, 5.74) is 0. The molecular weight excluding hydrogens is 465 g/mol. The highest BCUT2D eigenvalue weighted by Crippen LogP contribution is 2.14. The molecule has 1 aromatic rings. The van der Waals surface area contributed by atoms with Gasteiger partial charge in [-0.2, -0.15) is 0 Å². The van der Waals surface area contributed by atoms with Gasteiger partial charge in [-0.1, -0.05) is 64.7 Å². The van der Waals surface area contributed by atoms with E-state index in [1.54, 1.807) is 6.92 Å². The molecule has 0 aliphatic carbocycles. The summed E-state index contributed by atoms with van der Waals surface area (Å²) in [6.07, 6.45) is 12.9. The second-order valence-corrected chi connectivity index (χ2v) is 8.78. The molecule has 28 heavy (non-hydrogen) atoms. The quantitative estimate of drug-likeness (QED) is 0.198. The van der Waals surface area contributed by atoms with Crippen molar-refractivity contribution < 1.29 is 14.6 Å². The molecule has 160 valence electrons. The minimum absolute atomic E-state index is 0.473. The van der Waals surface area contributed by atoms with Gasteiger partial charge in [0.2, 0.25) is 0 Å². The van der Waals surface area contributed by atoms with Crippen molar-refractivity contribution in [2.75, 3.05) is 19.7 Å². The molecule has 0 amide bonds. The van der Waals surface area contributed by atoms with Crippen LogP contribution in [-0.4, -0.2) is 41.7 Å². The van der Waals surface area contributed by atoms with Crippen molar-refractivity contribution in [2.45, 2.75) is 84.1 Å². The van der Waals surface area contributed by atoms with Crippen molar-refractivity contribution in [3.05, 3.63) is 27.8 Å². The van der Waals surface area contributed by atoms with E-state index in [0.29, 0.717) is 13.2 Å². The number of carboxylic acid groups (broad SMARTS) is 1. The predicted molar refractivity (Wildman–Crippen MR) is 125 cm³/mol. The maximum absolute atomic E-state index is 11.4. The van der Waals surface area contributed by atoms with Gasteiger partial charge in [-0.15, -0.1) is 0 Å². The zero-order valence-electron chi connectivity index (χ0n) is 17.7. The van der Waals surface area contributed by atoms with Crippen LogP contribution in [-0.2, 0) is 4.79 Å². The standard InChI is InChI=1S/C23H38INO3/c1-3-4-5-6-7-8-9-10-11-12-17-25(20(2)23(26)27)18-19-28-22-15-13-21(24)14-16-22/h13-16,20H,3-12,17-19H2,1-2H3,(H,26,27). The van der Waals surface area contributed by atoms with Gasteiger partial charge in [0.05, 0.1) is 0 Å². The zero-order chi connectivity index (χ0) is 20.6. The third kappa shape index (κ3) is 11.9. The third-order valence-electron chi connectivity index (χ3n) is 5.16. The number of carboxylic acids is 1. The molecule has 5 heteroatoms. The minimum Gasteiger partial charge on any atom is -0.492 e. The molecule has 1 N–H and O–H groups in total. The number of nitrogens with zero attached hydrogens (tertiary/aromatic N) is 1. The topological polar surface area (TPSA) is 49.8 Å². The van der Waals surface area contributed by atoms with Gasteiger partial charge in [-0.3, -0.25) is 9.69 Å². The number of unbranched alkanes of at least 4 members (excludes halogenated alkanes) is 9. The third-order valence-corrected chi connectivity index (χ3v) is 5.88. The molecule has 0 radical (unpaired) electrons. The number of hydrogen-bond acceptors (Lipinski definition) is 3. The molecule has 0 spiro atoms. The van der Waals surface area contributed by atoms with E-state index in [4.69, 9.17) is 4.74 Å². The van der Waals surface area contributed by atoms with E-state index < -0.39 is 12.0 Å². The summed E-state index contributed by atoms with van der Waals surface area (Å²) < 4.78 is 6.96. The molecule has 0 saturated heterocycles. The Morgan fingerprint density at radius 1 is 0.964 bits per heavy atom. The Morgan fingerprint density at radius 3 is 2.04 bits per heavy atom. The van der Waals surface area contributed by atoms with Gasteiger partial charge in [0, 0.05) is 10.1 Å². The summed E-state index contributed by atoms with van der Waals surface area (Å²) in [4.78, 5) is 13.4. The maximum atomic E-state index is 11.4. The second-order valence-electron chi connectivity index (χ2n) is 7.53. The molecule has 4 nitrogen and oxygen atoms in total. The summed E-state index contributed by atoms with van der Waals surface area (Å²) in [6, 6.07) is 7.46. The van der Waals surface area contributed by atoms with Crippen molar-refractivity contribution >= 4 is 28.6 Å². The van der Waals surface area contributed by atoms with E-state index in [0.717, 1.165) is 18.7 Å². The molecule has 1 atom stereocenters. The van der Waals surface area contributed by atoms with E-state index in [-0.39, 0.29) is 0 Å². The van der Waals surface area contributed by atoms with Crippen LogP contribution in [0, 0.1) is 3.57 Å². The van der Waals surface area contributed by atoms with Crippen LogP contribution < -0.4 is 4.74 Å². The first kappa shape index (κ1) is 25.2. The lowest BCUT2D eigenvalue weighted by molar-refractivity contribution is -0.142. The Bertz CT molecular complexity index is 521. The van der Waals surface area contributed by atoms with Crippen LogP contribution >= 0.6 is 22.6 Å². The number of rotatable bonds is 17. The molecule has 0 aliphatic rings. The van der Waals surface area contributed by atoms with Gasteiger partial charge in [-0.05, 0) is 66.7 Å². The molecule has 1 rings (SSSR count). The van der Waals surface area contributed by atoms with Gasteiger partial charge in [0.15, 0.2) is 0 Å². The van der Waals surface area contributed by atoms with Crippen LogP contribution in [0.1, 0.15) is 78.1 Å². The number of aliphatic carboxylic acids is 1. The van der Waals surface area contributed by atoms with E-state index >= 15 is 0 Å². The van der Waals surface area contributed by atoms with Crippen LogP contribution in [0.25, 0.3) is 0 Å². The molecular formula is C23H38INO3. The second kappa shape index (κ2) is 16.0. The van der Waals surface area contributed by atoms with Crippen molar-refractivity contribution in [3.8, 4) is 5.75 Å². The predicted octanol–water partition coefficient (Wildman–Crippen LogP) is 6.37. The monoisotopic (exact) mass is 503 g/mol. The summed E-state index contributed by atoms with van der Waals surface area (Å²) >= 11 is 2.27. The highest BCUT2D eigenvalue weighted by molar-refractivity contribution is 14.1. The molecule has 1 unspecified atom stereocenters. The van der Waals surface area contributed by atoms with Crippen molar-refractivity contribution in [1.29, 1.82) is 0 Å². The normalized spacial score (nSPS) is 12.3. The van der Waals surface area contributed by atoms with Gasteiger partial charge in [0.25, 0.3) is 0 Å². The lowest BCUT2D eigenvalue weighted by Crippen LogP contribution is -2.41. The summed E-state index contributed by atoms with van der Waals surface area (Å²) in [5.74, 6) is 0.0728. The van der Waals surface area contributed by atoms with E-state index in [9.17, 15) is 9.90 Å². The Hall–Kier alpha value is -0.820. The maximum Gasteiger partial charge on any atom is 0.320 e. The lowest BCUT2D eigenvalue weighted by atomic mass is 10.1. The minimum atomic E-state index is -0.763. The summed E-state index contributed by atoms with van der Waals surface area (Å²) in [5, 5.41) is 9.38. The first-order valence-corrected chi connectivity index (χ1v) is 12.0. The van der Waals surface area contributed by atoms with Crippen LogP contribution in [0.5, 0.6) is 5.75 Å². The summed E-state index contributed by atoms with van der Waals surface area (Å²) in [7, 11) is 0. The molecule has 0 heterocycles. The molecule has 0 aliphatic heterocycles. The average Bonchev–Trinajstić information content (AvgIpc) is 2.68. The first-order valence-electron chi connectivity index (χ1n) is 10.9. The van der Waals surface area contributed by atoms with Gasteiger partial charge in [-0.25, -0.2) is 0 Å². The SMILES string of the molecule is CCCCCCCCCCCCN(CCOc1ccc(I)cc1)C(C)C(=O)O.